The van der Waals surface area contributed by atoms with Gasteiger partial charge in [0.2, 0.25) is 9.54 Å². The Kier molecular flexibility index (Phi) is 3.77. The second-order valence-corrected chi connectivity index (χ2v) is 5.57. The number of hydrogen-bond acceptors (Lipinski definition) is 6. The zero-order chi connectivity index (χ0) is 15.7. The first-order valence-corrected chi connectivity index (χ1v) is 7.27. The standard InChI is InChI=1S/C12H14N8S2/c13-19-9(15-17-11(19)21)5-7-1-2-8(4-3-7)6-10-16-18-12(22)20(10)14/h1-4H,5-6,13-14H2,(H,17,21)(H,18,22). The van der Waals surface area contributed by atoms with Gasteiger partial charge in [0, 0.05) is 12.8 Å². The van der Waals surface area contributed by atoms with Crippen LogP contribution >= 0.6 is 24.4 Å². The van der Waals surface area contributed by atoms with Crippen LogP contribution in [-0.2, 0) is 12.8 Å². The molecule has 3 aromatic rings. The van der Waals surface area contributed by atoms with Crippen LogP contribution in [0.15, 0.2) is 24.3 Å². The van der Waals surface area contributed by atoms with Crippen LogP contribution in [0.5, 0.6) is 0 Å². The predicted molar refractivity (Wildman–Crippen MR) is 87.2 cm³/mol. The molecular formula is C12H14N8S2. The van der Waals surface area contributed by atoms with E-state index in [1.165, 1.54) is 9.35 Å². The summed E-state index contributed by atoms with van der Waals surface area (Å²) in [7, 11) is 0. The van der Waals surface area contributed by atoms with Crippen molar-refractivity contribution >= 4 is 24.4 Å². The average molecular weight is 334 g/mol. The Bertz CT molecular complexity index is 823. The molecule has 0 atom stereocenters. The van der Waals surface area contributed by atoms with Gasteiger partial charge >= 0.3 is 0 Å². The summed E-state index contributed by atoms with van der Waals surface area (Å²) in [6.45, 7) is 0. The van der Waals surface area contributed by atoms with Gasteiger partial charge < -0.3 is 11.7 Å². The first-order chi connectivity index (χ1) is 10.5. The lowest BCUT2D eigenvalue weighted by atomic mass is 10.1. The number of nitrogens with one attached hydrogen (secondary N) is 2. The van der Waals surface area contributed by atoms with Crippen LogP contribution in [0.2, 0.25) is 0 Å². The van der Waals surface area contributed by atoms with E-state index in [-0.39, 0.29) is 0 Å². The van der Waals surface area contributed by atoms with Gasteiger partial charge in [0.1, 0.15) is 0 Å². The fourth-order valence-electron chi connectivity index (χ4n) is 2.06. The summed E-state index contributed by atoms with van der Waals surface area (Å²) >= 11 is 9.97. The number of rotatable bonds is 4. The zero-order valence-corrected chi connectivity index (χ0v) is 13.1. The number of nitrogens with zero attached hydrogens (tertiary/aromatic N) is 4. The van der Waals surface area contributed by atoms with Crippen LogP contribution in [0.4, 0.5) is 0 Å². The van der Waals surface area contributed by atoms with Crippen LogP contribution < -0.4 is 11.7 Å². The van der Waals surface area contributed by atoms with Crippen LogP contribution in [0.25, 0.3) is 0 Å². The molecule has 0 fully saturated rings. The van der Waals surface area contributed by atoms with Crippen molar-refractivity contribution in [2.45, 2.75) is 12.8 Å². The number of nitrogens with two attached hydrogens (primary N) is 2. The summed E-state index contributed by atoms with van der Waals surface area (Å²) in [6, 6.07) is 8.04. The SMILES string of the molecule is Nn1c(Cc2ccc(Cc3n[nH]c(=S)n3N)cc2)n[nH]c1=S. The number of nitrogen functional groups attached to an aromatic ring is 2. The Balaban J connectivity index is 1.75. The molecule has 0 spiro atoms. The molecule has 2 aromatic heterocycles. The van der Waals surface area contributed by atoms with E-state index in [0.29, 0.717) is 34.0 Å². The van der Waals surface area contributed by atoms with Gasteiger partial charge in [-0.05, 0) is 35.6 Å². The highest BCUT2D eigenvalue weighted by Gasteiger charge is 2.07. The van der Waals surface area contributed by atoms with Crippen LogP contribution in [-0.4, -0.2) is 29.7 Å². The summed E-state index contributed by atoms with van der Waals surface area (Å²) in [5.41, 5.74) is 2.16. The van der Waals surface area contributed by atoms with E-state index in [1.807, 2.05) is 24.3 Å². The monoisotopic (exact) mass is 334 g/mol. The highest BCUT2D eigenvalue weighted by molar-refractivity contribution is 7.71. The fraction of sp³-hybridized carbons (Fsp3) is 0.167. The molecule has 0 unspecified atom stereocenters. The maximum atomic E-state index is 5.78. The van der Waals surface area contributed by atoms with Crippen LogP contribution in [0.3, 0.4) is 0 Å². The Hall–Kier alpha value is -2.46. The second-order valence-electron chi connectivity index (χ2n) is 4.80. The summed E-state index contributed by atoms with van der Waals surface area (Å²) in [5.74, 6) is 12.9. The number of benzene rings is 1. The molecule has 0 aliphatic heterocycles. The lowest BCUT2D eigenvalue weighted by Crippen LogP contribution is -2.13. The normalized spacial score (nSPS) is 10.9. The topological polar surface area (TPSA) is 119 Å². The van der Waals surface area contributed by atoms with Gasteiger partial charge in [-0.2, -0.15) is 10.2 Å². The van der Waals surface area contributed by atoms with E-state index in [2.05, 4.69) is 20.4 Å². The number of aromatic amines is 2. The maximum absolute atomic E-state index is 5.78. The van der Waals surface area contributed by atoms with Crippen molar-refractivity contribution in [3.63, 3.8) is 0 Å². The minimum Gasteiger partial charge on any atom is -0.335 e. The van der Waals surface area contributed by atoms with Gasteiger partial charge in [0.15, 0.2) is 11.6 Å². The van der Waals surface area contributed by atoms with Crippen molar-refractivity contribution in [1.82, 2.24) is 29.7 Å². The third-order valence-electron chi connectivity index (χ3n) is 3.30. The van der Waals surface area contributed by atoms with Gasteiger partial charge in [-0.1, -0.05) is 24.3 Å². The van der Waals surface area contributed by atoms with E-state index in [1.54, 1.807) is 0 Å². The summed E-state index contributed by atoms with van der Waals surface area (Å²) < 4.78 is 3.54. The fourth-order valence-corrected chi connectivity index (χ4v) is 2.37. The quantitative estimate of drug-likeness (QED) is 0.414. The van der Waals surface area contributed by atoms with E-state index in [0.717, 1.165) is 11.1 Å². The zero-order valence-electron chi connectivity index (χ0n) is 11.5. The molecule has 0 aliphatic carbocycles. The first kappa shape index (κ1) is 14.5. The molecule has 10 heteroatoms. The molecule has 114 valence electrons. The average Bonchev–Trinajstić information content (AvgIpc) is 3.00. The van der Waals surface area contributed by atoms with Crippen molar-refractivity contribution in [2.75, 3.05) is 11.7 Å². The molecule has 6 N–H and O–H groups in total. The van der Waals surface area contributed by atoms with Crippen LogP contribution in [0, 0.1) is 9.54 Å². The molecule has 0 bridgehead atoms. The van der Waals surface area contributed by atoms with Gasteiger partial charge in [-0.15, -0.1) is 0 Å². The van der Waals surface area contributed by atoms with Crippen molar-refractivity contribution in [2.24, 2.45) is 0 Å². The Morgan fingerprint density at radius 1 is 0.818 bits per heavy atom. The molecular weight excluding hydrogens is 320 g/mol. The molecule has 0 amide bonds. The van der Waals surface area contributed by atoms with E-state index < -0.39 is 0 Å². The molecule has 0 saturated carbocycles. The highest BCUT2D eigenvalue weighted by Crippen LogP contribution is 2.11. The lowest BCUT2D eigenvalue weighted by Gasteiger charge is -2.04. The Morgan fingerprint density at radius 3 is 1.45 bits per heavy atom. The van der Waals surface area contributed by atoms with Crippen molar-refractivity contribution in [1.29, 1.82) is 0 Å². The summed E-state index contributed by atoms with van der Waals surface area (Å²) in [5, 5.41) is 13.5. The van der Waals surface area contributed by atoms with Gasteiger partial charge in [0.25, 0.3) is 0 Å². The molecule has 3 rings (SSSR count). The highest BCUT2D eigenvalue weighted by atomic mass is 32.1. The van der Waals surface area contributed by atoms with Crippen molar-refractivity contribution < 1.29 is 0 Å². The second kappa shape index (κ2) is 5.73. The number of H-pyrrole nitrogens is 2. The Labute approximate surface area is 135 Å². The summed E-state index contributed by atoms with van der Waals surface area (Å²) in [4.78, 5) is 0. The molecule has 2 heterocycles. The molecule has 8 nitrogen and oxygen atoms in total. The molecule has 0 saturated heterocycles. The van der Waals surface area contributed by atoms with E-state index in [4.69, 9.17) is 36.1 Å². The minimum absolute atomic E-state index is 0.400. The predicted octanol–water partition coefficient (Wildman–Crippen LogP) is 0.804. The summed E-state index contributed by atoms with van der Waals surface area (Å²) in [6.07, 6.45) is 1.19. The lowest BCUT2D eigenvalue weighted by molar-refractivity contribution is 0.861. The third-order valence-corrected chi connectivity index (χ3v) is 3.88. The molecule has 0 aliphatic rings. The van der Waals surface area contributed by atoms with Gasteiger partial charge in [-0.3, -0.25) is 10.2 Å². The van der Waals surface area contributed by atoms with Gasteiger partial charge in [-0.25, -0.2) is 9.35 Å². The van der Waals surface area contributed by atoms with Crippen LogP contribution in [0.1, 0.15) is 22.8 Å². The Morgan fingerprint density at radius 2 is 1.18 bits per heavy atom. The van der Waals surface area contributed by atoms with Gasteiger partial charge in [0.05, 0.1) is 0 Å². The molecule has 0 radical (unpaired) electrons. The molecule has 1 aromatic carbocycles. The maximum Gasteiger partial charge on any atom is 0.214 e. The molecule has 22 heavy (non-hydrogen) atoms. The number of aromatic nitrogens is 6. The van der Waals surface area contributed by atoms with E-state index >= 15 is 0 Å². The largest absolute Gasteiger partial charge is 0.335 e. The third kappa shape index (κ3) is 2.78. The first-order valence-electron chi connectivity index (χ1n) is 6.45. The smallest absolute Gasteiger partial charge is 0.214 e. The van der Waals surface area contributed by atoms with Crippen molar-refractivity contribution in [3.8, 4) is 0 Å². The van der Waals surface area contributed by atoms with Crippen molar-refractivity contribution in [3.05, 3.63) is 56.6 Å². The van der Waals surface area contributed by atoms with E-state index in [9.17, 15) is 0 Å². The minimum atomic E-state index is 0.400. The number of hydrogen-bond donors (Lipinski definition) is 4.